The van der Waals surface area contributed by atoms with Gasteiger partial charge in [0.05, 0.1) is 17.0 Å². The Kier molecular flexibility index (Phi) is 5.31. The summed E-state index contributed by atoms with van der Waals surface area (Å²) in [5.74, 6) is 0. The van der Waals surface area contributed by atoms with Crippen LogP contribution in [0.4, 0.5) is 13.2 Å². The summed E-state index contributed by atoms with van der Waals surface area (Å²) >= 11 is 6.00. The first-order chi connectivity index (χ1) is 13.4. The number of benzene rings is 1. The average molecular weight is 409 g/mol. The molecule has 0 radical (unpaired) electrons. The van der Waals surface area contributed by atoms with Gasteiger partial charge in [0.15, 0.2) is 0 Å². The molecule has 3 heterocycles. The zero-order chi connectivity index (χ0) is 19.7. The summed E-state index contributed by atoms with van der Waals surface area (Å²) in [7, 11) is 0. The molecular formula is C20H20ClF3N4. The number of aromatic nitrogens is 2. The highest BCUT2D eigenvalue weighted by atomic mass is 35.5. The minimum atomic E-state index is -4.40. The lowest BCUT2D eigenvalue weighted by atomic mass is 10.1. The van der Waals surface area contributed by atoms with E-state index in [1.807, 2.05) is 12.1 Å². The van der Waals surface area contributed by atoms with Crippen molar-refractivity contribution < 1.29 is 13.2 Å². The highest BCUT2D eigenvalue weighted by molar-refractivity contribution is 6.30. The Balaban J connectivity index is 1.83. The Hall–Kier alpha value is -2.09. The van der Waals surface area contributed by atoms with Crippen LogP contribution in [0, 0.1) is 0 Å². The van der Waals surface area contributed by atoms with Gasteiger partial charge in [0.1, 0.15) is 5.65 Å². The third-order valence-electron chi connectivity index (χ3n) is 4.97. The van der Waals surface area contributed by atoms with Gasteiger partial charge in [0, 0.05) is 36.4 Å². The van der Waals surface area contributed by atoms with Crippen LogP contribution in [-0.2, 0) is 12.7 Å². The molecule has 1 aromatic carbocycles. The maximum atomic E-state index is 13.3. The number of nitrogens with zero attached hydrogens (tertiary/aromatic N) is 3. The number of nitrogens with one attached hydrogen (secondary N) is 1. The summed E-state index contributed by atoms with van der Waals surface area (Å²) in [4.78, 5) is 6.89. The van der Waals surface area contributed by atoms with Gasteiger partial charge in [-0.1, -0.05) is 23.7 Å². The molecule has 1 aliphatic heterocycles. The Morgan fingerprint density at radius 1 is 1.04 bits per heavy atom. The van der Waals surface area contributed by atoms with Crippen LogP contribution in [0.1, 0.15) is 17.7 Å². The molecule has 4 rings (SSSR count). The van der Waals surface area contributed by atoms with Crippen LogP contribution < -0.4 is 5.32 Å². The topological polar surface area (TPSA) is 32.6 Å². The van der Waals surface area contributed by atoms with Gasteiger partial charge in [0.2, 0.25) is 0 Å². The van der Waals surface area contributed by atoms with E-state index in [2.05, 4.69) is 15.2 Å². The number of hydrogen-bond donors (Lipinski definition) is 1. The molecule has 1 N–H and O–H groups in total. The van der Waals surface area contributed by atoms with Gasteiger partial charge in [-0.15, -0.1) is 0 Å². The quantitative estimate of drug-likeness (QED) is 0.694. The minimum Gasteiger partial charge on any atom is -0.315 e. The zero-order valence-corrected chi connectivity index (χ0v) is 15.9. The van der Waals surface area contributed by atoms with E-state index in [4.69, 9.17) is 11.6 Å². The van der Waals surface area contributed by atoms with E-state index in [0.717, 1.165) is 56.1 Å². The molecule has 0 amide bonds. The Bertz CT molecular complexity index is 958. The second-order valence-corrected chi connectivity index (χ2v) is 7.37. The Morgan fingerprint density at radius 3 is 2.57 bits per heavy atom. The number of pyridine rings is 1. The lowest BCUT2D eigenvalue weighted by molar-refractivity contribution is -0.137. The van der Waals surface area contributed by atoms with E-state index in [-0.39, 0.29) is 0 Å². The summed E-state index contributed by atoms with van der Waals surface area (Å²) < 4.78 is 41.4. The van der Waals surface area contributed by atoms with Gasteiger partial charge in [-0.25, -0.2) is 4.98 Å². The summed E-state index contributed by atoms with van der Waals surface area (Å²) in [5, 5.41) is 3.95. The van der Waals surface area contributed by atoms with Gasteiger partial charge >= 0.3 is 6.18 Å². The first-order valence-corrected chi connectivity index (χ1v) is 9.57. The van der Waals surface area contributed by atoms with Crippen LogP contribution in [0.5, 0.6) is 0 Å². The molecule has 0 aliphatic carbocycles. The first kappa shape index (κ1) is 19.2. The van der Waals surface area contributed by atoms with Crippen molar-refractivity contribution in [1.29, 1.82) is 0 Å². The molecule has 148 valence electrons. The van der Waals surface area contributed by atoms with Crippen molar-refractivity contribution in [2.24, 2.45) is 0 Å². The molecule has 0 atom stereocenters. The molecule has 0 saturated carbocycles. The molecule has 2 aromatic heterocycles. The third kappa shape index (κ3) is 4.01. The van der Waals surface area contributed by atoms with Gasteiger partial charge in [-0.05, 0) is 43.8 Å². The van der Waals surface area contributed by atoms with Crippen LogP contribution >= 0.6 is 11.6 Å². The molecule has 1 aliphatic rings. The number of alkyl halides is 3. The highest BCUT2D eigenvalue weighted by Crippen LogP contribution is 2.32. The van der Waals surface area contributed by atoms with E-state index in [0.29, 0.717) is 22.9 Å². The number of halogens is 4. The molecule has 0 bridgehead atoms. The molecule has 0 unspecified atom stereocenters. The van der Waals surface area contributed by atoms with Crippen molar-refractivity contribution in [3.05, 3.63) is 58.9 Å². The number of imidazole rings is 1. The second-order valence-electron chi connectivity index (χ2n) is 6.94. The maximum Gasteiger partial charge on any atom is 0.417 e. The average Bonchev–Trinajstić information content (AvgIpc) is 2.83. The van der Waals surface area contributed by atoms with Crippen molar-refractivity contribution in [2.75, 3.05) is 26.2 Å². The van der Waals surface area contributed by atoms with Crippen molar-refractivity contribution in [1.82, 2.24) is 19.6 Å². The maximum absolute atomic E-state index is 13.3. The van der Waals surface area contributed by atoms with Crippen molar-refractivity contribution in [3.63, 3.8) is 0 Å². The van der Waals surface area contributed by atoms with Crippen molar-refractivity contribution in [3.8, 4) is 11.3 Å². The standard InChI is InChI=1S/C20H20ClF3N4/c21-16-5-2-14(3-6-16)19-17(13-27-10-1-8-25-9-11-27)28-12-15(20(22,23)24)4-7-18(28)26-19/h2-7,12,25H,1,8-11,13H2. The van der Waals surface area contributed by atoms with E-state index in [9.17, 15) is 13.2 Å². The fraction of sp³-hybridized carbons (Fsp3) is 0.350. The van der Waals surface area contributed by atoms with Gasteiger partial charge in [0.25, 0.3) is 0 Å². The predicted octanol–water partition coefficient (Wildman–Crippen LogP) is 4.47. The molecule has 28 heavy (non-hydrogen) atoms. The summed E-state index contributed by atoms with van der Waals surface area (Å²) in [6, 6.07) is 9.73. The fourth-order valence-corrected chi connectivity index (χ4v) is 3.65. The Morgan fingerprint density at radius 2 is 1.82 bits per heavy atom. The van der Waals surface area contributed by atoms with Crippen LogP contribution in [-0.4, -0.2) is 40.5 Å². The lowest BCUT2D eigenvalue weighted by Crippen LogP contribution is -2.28. The molecular weight excluding hydrogens is 389 g/mol. The SMILES string of the molecule is FC(F)(F)c1ccc2nc(-c3ccc(Cl)cc3)c(CN3CCCNCC3)n2c1. The van der Waals surface area contributed by atoms with Gasteiger partial charge in [-0.2, -0.15) is 13.2 Å². The largest absolute Gasteiger partial charge is 0.417 e. The van der Waals surface area contributed by atoms with Gasteiger partial charge in [-0.3, -0.25) is 4.90 Å². The molecule has 0 spiro atoms. The van der Waals surface area contributed by atoms with E-state index in [1.54, 1.807) is 16.5 Å². The fourth-order valence-electron chi connectivity index (χ4n) is 3.52. The summed E-state index contributed by atoms with van der Waals surface area (Å²) in [5.41, 5.74) is 2.10. The molecule has 1 fully saturated rings. The second kappa shape index (κ2) is 7.73. The smallest absolute Gasteiger partial charge is 0.315 e. The molecule has 1 saturated heterocycles. The number of rotatable bonds is 3. The molecule has 4 nitrogen and oxygen atoms in total. The van der Waals surface area contributed by atoms with Crippen molar-refractivity contribution in [2.45, 2.75) is 19.1 Å². The molecule has 3 aromatic rings. The van der Waals surface area contributed by atoms with Crippen LogP contribution in [0.25, 0.3) is 16.9 Å². The normalized spacial score (nSPS) is 16.4. The number of fused-ring (bicyclic) bond motifs is 1. The summed E-state index contributed by atoms with van der Waals surface area (Å²) in [6.45, 7) is 4.07. The van der Waals surface area contributed by atoms with Crippen LogP contribution in [0.15, 0.2) is 42.6 Å². The molecule has 8 heteroatoms. The highest BCUT2D eigenvalue weighted by Gasteiger charge is 2.31. The lowest BCUT2D eigenvalue weighted by Gasteiger charge is -2.20. The Labute approximate surface area is 165 Å². The van der Waals surface area contributed by atoms with E-state index < -0.39 is 11.7 Å². The predicted molar refractivity (Wildman–Crippen MR) is 103 cm³/mol. The third-order valence-corrected chi connectivity index (χ3v) is 5.22. The minimum absolute atomic E-state index is 0.501. The summed E-state index contributed by atoms with van der Waals surface area (Å²) in [6.07, 6.45) is -2.25. The van der Waals surface area contributed by atoms with Crippen molar-refractivity contribution >= 4 is 17.2 Å². The first-order valence-electron chi connectivity index (χ1n) is 9.19. The van der Waals surface area contributed by atoms with Gasteiger partial charge < -0.3 is 9.72 Å². The van der Waals surface area contributed by atoms with Crippen LogP contribution in [0.3, 0.4) is 0 Å². The monoisotopic (exact) mass is 408 g/mol. The zero-order valence-electron chi connectivity index (χ0n) is 15.1. The van der Waals surface area contributed by atoms with E-state index >= 15 is 0 Å². The number of hydrogen-bond acceptors (Lipinski definition) is 3. The van der Waals surface area contributed by atoms with Crippen LogP contribution in [0.2, 0.25) is 5.02 Å². The van der Waals surface area contributed by atoms with E-state index in [1.165, 1.54) is 6.07 Å².